The van der Waals surface area contributed by atoms with Crippen LogP contribution >= 0.6 is 0 Å². The number of allylic oxidation sites excluding steroid dienone is 4. The van der Waals surface area contributed by atoms with Crippen molar-refractivity contribution in [2.75, 3.05) is 9.80 Å². The Morgan fingerprint density at radius 2 is 0.725 bits per heavy atom. The molecule has 0 saturated heterocycles. The number of benzene rings is 9. The molecule has 0 atom stereocenters. The molecular weight excluding hydrogens is 845 g/mol. The number of anilines is 6. The smallest absolute Gasteiger partial charge is 0.227 e. The highest BCUT2D eigenvalue weighted by Gasteiger charge is 2.18. The molecule has 0 unspecified atom stereocenters. The van der Waals surface area contributed by atoms with Gasteiger partial charge in [-0.1, -0.05) is 128 Å². The van der Waals surface area contributed by atoms with Crippen molar-refractivity contribution in [3.05, 3.63) is 248 Å². The van der Waals surface area contributed by atoms with Gasteiger partial charge in [0.25, 0.3) is 0 Å². The maximum absolute atomic E-state index is 6.12. The molecule has 2 aromatic heterocycles. The van der Waals surface area contributed by atoms with Gasteiger partial charge in [-0.2, -0.15) is 0 Å². The van der Waals surface area contributed by atoms with Crippen LogP contribution in [0.2, 0.25) is 0 Å². The monoisotopic (exact) mass is 892 g/mol. The van der Waals surface area contributed by atoms with E-state index in [2.05, 4.69) is 212 Å². The lowest BCUT2D eigenvalue weighted by molar-refractivity contribution is 0.619. The Bertz CT molecular complexity index is 3490. The third-order valence-electron chi connectivity index (χ3n) is 12.5. The topological polar surface area (TPSA) is 58.5 Å². The average Bonchev–Trinajstić information content (AvgIpc) is 4.06. The number of aromatic nitrogens is 2. The molecule has 2 heterocycles. The lowest BCUT2D eigenvalue weighted by Crippen LogP contribution is -2.10. The van der Waals surface area contributed by atoms with Gasteiger partial charge in [0.05, 0.1) is 0 Å². The number of hydrogen-bond acceptors (Lipinski definition) is 6. The Labute approximate surface area is 402 Å². The van der Waals surface area contributed by atoms with Crippen LogP contribution in [0.5, 0.6) is 0 Å². The van der Waals surface area contributed by atoms with Crippen molar-refractivity contribution in [2.24, 2.45) is 0 Å². The van der Waals surface area contributed by atoms with E-state index in [0.717, 1.165) is 85.0 Å². The zero-order chi connectivity index (χ0) is 46.5. The maximum atomic E-state index is 6.12. The minimum Gasteiger partial charge on any atom is -0.436 e. The van der Waals surface area contributed by atoms with Gasteiger partial charge < -0.3 is 18.6 Å². The summed E-state index contributed by atoms with van der Waals surface area (Å²) in [7, 11) is 0. The first-order valence-electron chi connectivity index (χ1n) is 23.4. The second-order valence-corrected chi connectivity index (χ2v) is 16.8. The Balaban J connectivity index is 0.904. The zero-order valence-corrected chi connectivity index (χ0v) is 38.4. The van der Waals surface area contributed by atoms with Crippen LogP contribution in [-0.2, 0) is 0 Å². The van der Waals surface area contributed by atoms with Crippen LogP contribution in [0.4, 0.5) is 34.1 Å². The predicted octanol–water partition coefficient (Wildman–Crippen LogP) is 17.9. The highest BCUT2D eigenvalue weighted by Crippen LogP contribution is 2.40. The highest BCUT2D eigenvalue weighted by atomic mass is 16.4. The maximum Gasteiger partial charge on any atom is 0.227 e. The molecule has 6 heteroatoms. The molecule has 0 radical (unpaired) electrons. The van der Waals surface area contributed by atoms with Gasteiger partial charge in [0, 0.05) is 45.3 Å². The fourth-order valence-corrected chi connectivity index (χ4v) is 8.84. The van der Waals surface area contributed by atoms with Crippen LogP contribution in [0, 0.1) is 0 Å². The molecule has 0 aliphatic rings. The van der Waals surface area contributed by atoms with Gasteiger partial charge in [-0.05, 0) is 168 Å². The fourth-order valence-electron chi connectivity index (χ4n) is 8.84. The summed E-state index contributed by atoms with van der Waals surface area (Å²) < 4.78 is 12.2. The predicted molar refractivity (Wildman–Crippen MR) is 286 cm³/mol. The number of nitrogens with zero attached hydrogens (tertiary/aromatic N) is 4. The average molecular weight is 893 g/mol. The SMILES string of the molecule is C/C=C(\C=C/CC)c1ccc(N(c2ccc(-c3ccc(N(c4ccc(-c5ccccc5)cc4)c4ccc(-c5nc6ccccc6o5)cc4)cc3)cc2)c2ccc(-c3nc4ccccc4o3)cc2)cc1. The number of rotatable bonds is 13. The van der Waals surface area contributed by atoms with Crippen molar-refractivity contribution in [3.8, 4) is 45.2 Å². The van der Waals surface area contributed by atoms with Crippen LogP contribution in [0.1, 0.15) is 25.8 Å². The van der Waals surface area contributed by atoms with E-state index in [9.17, 15) is 0 Å². The molecule has 0 fully saturated rings. The molecule has 0 saturated carbocycles. The van der Waals surface area contributed by atoms with Crippen molar-refractivity contribution >= 4 is 61.9 Å². The lowest BCUT2D eigenvalue weighted by atomic mass is 10.0. The lowest BCUT2D eigenvalue weighted by Gasteiger charge is -2.26. The molecule has 0 aliphatic carbocycles. The molecule has 0 spiro atoms. The Hall–Kier alpha value is -9.00. The van der Waals surface area contributed by atoms with E-state index in [1.807, 2.05) is 54.6 Å². The Morgan fingerprint density at radius 1 is 0.391 bits per heavy atom. The van der Waals surface area contributed by atoms with Crippen LogP contribution < -0.4 is 9.80 Å². The molecule has 11 rings (SSSR count). The van der Waals surface area contributed by atoms with E-state index in [1.165, 1.54) is 22.3 Å². The van der Waals surface area contributed by atoms with Gasteiger partial charge in [0.2, 0.25) is 11.8 Å². The summed E-state index contributed by atoms with van der Waals surface area (Å²) in [6.45, 7) is 4.25. The Morgan fingerprint density at radius 3 is 1.09 bits per heavy atom. The molecule has 9 aromatic carbocycles. The van der Waals surface area contributed by atoms with Gasteiger partial charge >= 0.3 is 0 Å². The Kier molecular flexibility index (Phi) is 11.8. The summed E-state index contributed by atoms with van der Waals surface area (Å²) in [5, 5.41) is 0. The standard InChI is InChI=1S/C63H48N4O2/c1-3-5-13-44(4-2)46-20-32-52(33-21-46)66(56-40-28-50(29-41-56)62-64-58-16-9-11-18-60(58)68-62)54-36-24-48(25-37-54)49-26-38-55(39-27-49)67(53-34-22-47(23-35-53)45-14-7-6-8-15-45)57-42-30-51(31-43-57)63-65-59-17-10-12-19-61(59)69-63/h4-43H,3H2,1-2H3/b13-5-,44-4+. The zero-order valence-electron chi connectivity index (χ0n) is 38.4. The van der Waals surface area contributed by atoms with E-state index in [1.54, 1.807) is 0 Å². The van der Waals surface area contributed by atoms with Crippen molar-refractivity contribution in [2.45, 2.75) is 20.3 Å². The highest BCUT2D eigenvalue weighted by molar-refractivity contribution is 5.85. The first-order chi connectivity index (χ1) is 34.1. The largest absolute Gasteiger partial charge is 0.436 e. The van der Waals surface area contributed by atoms with Crippen molar-refractivity contribution < 1.29 is 8.83 Å². The van der Waals surface area contributed by atoms with Crippen LogP contribution in [0.3, 0.4) is 0 Å². The number of fused-ring (bicyclic) bond motifs is 2. The molecule has 0 amide bonds. The second kappa shape index (κ2) is 19.1. The van der Waals surface area contributed by atoms with E-state index in [4.69, 9.17) is 18.8 Å². The van der Waals surface area contributed by atoms with E-state index < -0.39 is 0 Å². The molecule has 332 valence electrons. The molecular formula is C63H48N4O2. The number of para-hydroxylation sites is 4. The normalized spacial score (nSPS) is 11.7. The van der Waals surface area contributed by atoms with Gasteiger partial charge in [-0.25, -0.2) is 9.97 Å². The first kappa shape index (κ1) is 42.6. The van der Waals surface area contributed by atoms with Crippen molar-refractivity contribution in [1.82, 2.24) is 9.97 Å². The molecule has 0 bridgehead atoms. The number of oxazole rings is 2. The molecule has 69 heavy (non-hydrogen) atoms. The summed E-state index contributed by atoms with van der Waals surface area (Å²) in [4.78, 5) is 14.1. The third kappa shape index (κ3) is 8.87. The molecule has 0 N–H and O–H groups in total. The summed E-state index contributed by atoms with van der Waals surface area (Å²) in [5.74, 6) is 1.21. The van der Waals surface area contributed by atoms with Gasteiger partial charge in [0.15, 0.2) is 11.2 Å². The molecule has 0 aliphatic heterocycles. The first-order valence-corrected chi connectivity index (χ1v) is 23.4. The van der Waals surface area contributed by atoms with Crippen LogP contribution in [-0.4, -0.2) is 9.97 Å². The molecule has 11 aromatic rings. The van der Waals surface area contributed by atoms with Crippen LogP contribution in [0.25, 0.3) is 72.9 Å². The summed E-state index contributed by atoms with van der Waals surface area (Å²) in [6, 6.07) is 78.2. The van der Waals surface area contributed by atoms with E-state index >= 15 is 0 Å². The van der Waals surface area contributed by atoms with Gasteiger partial charge in [-0.15, -0.1) is 0 Å². The quantitative estimate of drug-likeness (QED) is 0.108. The third-order valence-corrected chi connectivity index (χ3v) is 12.5. The van der Waals surface area contributed by atoms with E-state index in [-0.39, 0.29) is 0 Å². The summed E-state index contributed by atoms with van der Waals surface area (Å²) in [5.41, 5.74) is 18.3. The summed E-state index contributed by atoms with van der Waals surface area (Å²) in [6.07, 6.45) is 7.55. The van der Waals surface area contributed by atoms with Crippen molar-refractivity contribution in [3.63, 3.8) is 0 Å². The second-order valence-electron chi connectivity index (χ2n) is 16.8. The molecule has 6 nitrogen and oxygen atoms in total. The number of hydrogen-bond donors (Lipinski definition) is 0. The van der Waals surface area contributed by atoms with E-state index in [0.29, 0.717) is 11.8 Å². The van der Waals surface area contributed by atoms with Crippen LogP contribution in [0.15, 0.2) is 252 Å². The fraction of sp³-hybridized carbons (Fsp3) is 0.0476. The minimum absolute atomic E-state index is 0.603. The van der Waals surface area contributed by atoms with Gasteiger partial charge in [0.1, 0.15) is 11.0 Å². The van der Waals surface area contributed by atoms with Gasteiger partial charge in [-0.3, -0.25) is 0 Å². The summed E-state index contributed by atoms with van der Waals surface area (Å²) >= 11 is 0. The minimum atomic E-state index is 0.603. The van der Waals surface area contributed by atoms with Crippen molar-refractivity contribution in [1.29, 1.82) is 0 Å².